The molecular weight excluding hydrogens is 204 g/mol. The average Bonchev–Trinajstić information content (AvgIpc) is 2.16. The largest absolute Gasteiger partial charge is 2.00 e. The number of halogens is 1. The van der Waals surface area contributed by atoms with Gasteiger partial charge < -0.3 is 2.85 Å². The molecule has 0 saturated carbocycles. The van der Waals surface area contributed by atoms with Crippen LogP contribution in [0.3, 0.4) is 0 Å². The molecule has 14 heavy (non-hydrogen) atoms. The van der Waals surface area contributed by atoms with Crippen LogP contribution in [0, 0.1) is 0 Å². The molecule has 0 aromatic heterocycles. The molecule has 0 amide bonds. The second-order valence-electron chi connectivity index (χ2n) is 3.17. The first-order chi connectivity index (χ1) is 6.41. The third-order valence-corrected chi connectivity index (χ3v) is 2.20. The number of unbranched alkanes of at least 4 members (excludes halogenated alkanes) is 4. The summed E-state index contributed by atoms with van der Waals surface area (Å²) in [7, 11) is 0. The van der Waals surface area contributed by atoms with Gasteiger partial charge >= 0.3 is 23.1 Å². The molecule has 0 unspecified atom stereocenters. The Morgan fingerprint density at radius 1 is 1.00 bits per heavy atom. The SMILES string of the molecule is C/C=C/C/C=C/CCCCCCCl.[H-].[H-].[Mg+2]. The van der Waals surface area contributed by atoms with E-state index >= 15 is 0 Å². The van der Waals surface area contributed by atoms with Crippen molar-refractivity contribution in [2.24, 2.45) is 0 Å². The van der Waals surface area contributed by atoms with Crippen LogP contribution in [-0.4, -0.2) is 28.9 Å². The Balaban J connectivity index is -0.000000240. The summed E-state index contributed by atoms with van der Waals surface area (Å²) >= 11 is 5.58. The molecule has 0 aliphatic rings. The van der Waals surface area contributed by atoms with Gasteiger partial charge in [-0.2, -0.15) is 0 Å². The van der Waals surface area contributed by atoms with E-state index in [-0.39, 0.29) is 25.9 Å². The first kappa shape index (κ1) is 16.9. The molecule has 0 aliphatic carbocycles. The molecule has 0 aromatic rings. The topological polar surface area (TPSA) is 0 Å². The van der Waals surface area contributed by atoms with E-state index in [9.17, 15) is 0 Å². The van der Waals surface area contributed by atoms with Crippen LogP contribution in [0.2, 0.25) is 0 Å². The van der Waals surface area contributed by atoms with E-state index in [0.717, 1.165) is 12.3 Å². The second-order valence-corrected chi connectivity index (χ2v) is 3.55. The fourth-order valence-corrected chi connectivity index (χ4v) is 1.33. The molecular formula is C12H23ClMg. The molecule has 0 rings (SSSR count). The molecule has 80 valence electrons. The minimum absolute atomic E-state index is 0. The zero-order valence-corrected chi connectivity index (χ0v) is 11.5. The summed E-state index contributed by atoms with van der Waals surface area (Å²) in [5.41, 5.74) is 0. The third-order valence-electron chi connectivity index (χ3n) is 1.93. The van der Waals surface area contributed by atoms with E-state index in [4.69, 9.17) is 11.6 Å². The summed E-state index contributed by atoms with van der Waals surface area (Å²) in [5, 5.41) is 0. The van der Waals surface area contributed by atoms with Gasteiger partial charge in [-0.15, -0.1) is 11.6 Å². The average molecular weight is 227 g/mol. The smallest absolute Gasteiger partial charge is 1.00 e. The van der Waals surface area contributed by atoms with E-state index in [1.54, 1.807) is 0 Å². The fourth-order valence-electron chi connectivity index (χ4n) is 1.14. The summed E-state index contributed by atoms with van der Waals surface area (Å²) in [5.74, 6) is 0.817. The predicted octanol–water partition coefficient (Wildman–Crippen LogP) is 4.54. The van der Waals surface area contributed by atoms with Crippen molar-refractivity contribution >= 4 is 34.7 Å². The van der Waals surface area contributed by atoms with E-state index in [1.807, 2.05) is 0 Å². The van der Waals surface area contributed by atoms with Gasteiger partial charge in [0.25, 0.3) is 0 Å². The maximum absolute atomic E-state index is 5.58. The summed E-state index contributed by atoms with van der Waals surface area (Å²) < 4.78 is 0. The molecule has 0 heterocycles. The van der Waals surface area contributed by atoms with Gasteiger partial charge in [0.15, 0.2) is 0 Å². The van der Waals surface area contributed by atoms with Gasteiger partial charge in [0, 0.05) is 5.88 Å². The van der Waals surface area contributed by atoms with Crippen LogP contribution in [-0.2, 0) is 0 Å². The van der Waals surface area contributed by atoms with Crippen LogP contribution in [0.1, 0.15) is 48.3 Å². The Hall–Kier alpha value is 0.536. The summed E-state index contributed by atoms with van der Waals surface area (Å²) in [6.45, 7) is 2.06. The van der Waals surface area contributed by atoms with Crippen LogP contribution in [0.5, 0.6) is 0 Å². The Kier molecular flexibility index (Phi) is 19.4. The van der Waals surface area contributed by atoms with Crippen molar-refractivity contribution < 1.29 is 2.85 Å². The van der Waals surface area contributed by atoms with E-state index in [2.05, 4.69) is 31.2 Å². The first-order valence-electron chi connectivity index (χ1n) is 5.24. The van der Waals surface area contributed by atoms with Crippen LogP contribution >= 0.6 is 11.6 Å². The van der Waals surface area contributed by atoms with Crippen LogP contribution in [0.4, 0.5) is 0 Å². The minimum atomic E-state index is 0. The van der Waals surface area contributed by atoms with Crippen LogP contribution in [0.15, 0.2) is 24.3 Å². The van der Waals surface area contributed by atoms with Crippen molar-refractivity contribution in [2.75, 3.05) is 5.88 Å². The van der Waals surface area contributed by atoms with E-state index in [1.165, 1.54) is 32.1 Å². The third kappa shape index (κ3) is 15.0. The molecule has 0 nitrogen and oxygen atoms in total. The monoisotopic (exact) mass is 226 g/mol. The Labute approximate surface area is 113 Å². The summed E-state index contributed by atoms with van der Waals surface area (Å²) in [4.78, 5) is 0. The number of hydrogen-bond donors (Lipinski definition) is 0. The van der Waals surface area contributed by atoms with E-state index in [0.29, 0.717) is 0 Å². The Morgan fingerprint density at radius 3 is 2.36 bits per heavy atom. The van der Waals surface area contributed by atoms with E-state index < -0.39 is 0 Å². The van der Waals surface area contributed by atoms with Gasteiger partial charge in [-0.25, -0.2) is 0 Å². The molecule has 0 atom stereocenters. The maximum Gasteiger partial charge on any atom is 2.00 e. The molecule has 2 heteroatoms. The van der Waals surface area contributed by atoms with Crippen LogP contribution in [0.25, 0.3) is 0 Å². The van der Waals surface area contributed by atoms with Crippen molar-refractivity contribution in [3.63, 3.8) is 0 Å². The number of hydrogen-bond acceptors (Lipinski definition) is 0. The van der Waals surface area contributed by atoms with Gasteiger partial charge in [-0.1, -0.05) is 37.1 Å². The first-order valence-corrected chi connectivity index (χ1v) is 5.77. The van der Waals surface area contributed by atoms with Gasteiger partial charge in [0.2, 0.25) is 0 Å². The summed E-state index contributed by atoms with van der Waals surface area (Å²) in [6.07, 6.45) is 16.2. The molecule has 0 fully saturated rings. The normalized spacial score (nSPS) is 11.0. The number of rotatable bonds is 8. The van der Waals surface area contributed by atoms with Crippen LogP contribution < -0.4 is 0 Å². The second kappa shape index (κ2) is 16.0. The standard InChI is InChI=1S/C12H21Cl.Mg.2H/c1-2-3-4-5-6-7-8-9-10-11-12-13;;;/h2-3,5-6H,4,7-12H2,1H3;;;/q;+2;2*-1/b3-2+,6-5+;;;. The van der Waals surface area contributed by atoms with Crippen molar-refractivity contribution in [1.29, 1.82) is 0 Å². The zero-order valence-electron chi connectivity index (χ0n) is 11.3. The van der Waals surface area contributed by atoms with Crippen molar-refractivity contribution in [3.05, 3.63) is 24.3 Å². The number of allylic oxidation sites excluding steroid dienone is 4. The molecule has 0 spiro atoms. The molecule has 0 saturated heterocycles. The van der Waals surface area contributed by atoms with Gasteiger partial charge in [0.1, 0.15) is 0 Å². The zero-order chi connectivity index (χ0) is 9.78. The fraction of sp³-hybridized carbons (Fsp3) is 0.667. The van der Waals surface area contributed by atoms with Crippen molar-refractivity contribution in [2.45, 2.75) is 45.4 Å². The van der Waals surface area contributed by atoms with Crippen molar-refractivity contribution in [3.8, 4) is 0 Å². The summed E-state index contributed by atoms with van der Waals surface area (Å²) in [6, 6.07) is 0. The molecule has 0 aliphatic heterocycles. The Bertz CT molecular complexity index is 150. The molecule has 0 radical (unpaired) electrons. The van der Waals surface area contributed by atoms with Gasteiger partial charge in [-0.05, 0) is 32.6 Å². The predicted molar refractivity (Wildman–Crippen MR) is 70.4 cm³/mol. The van der Waals surface area contributed by atoms with Gasteiger partial charge in [0.05, 0.1) is 0 Å². The maximum atomic E-state index is 5.58. The van der Waals surface area contributed by atoms with Crippen molar-refractivity contribution in [1.82, 2.24) is 0 Å². The van der Waals surface area contributed by atoms with Gasteiger partial charge in [-0.3, -0.25) is 0 Å². The molecule has 0 N–H and O–H groups in total. The quantitative estimate of drug-likeness (QED) is 0.247. The molecule has 0 aromatic carbocycles. The minimum Gasteiger partial charge on any atom is -1.00 e. The Morgan fingerprint density at radius 2 is 1.71 bits per heavy atom. The molecule has 0 bridgehead atoms. The number of alkyl halides is 1.